The largest absolute Gasteiger partial charge is 0.399 e. The fraction of sp³-hybridized carbons (Fsp3) is 0.538. The summed E-state index contributed by atoms with van der Waals surface area (Å²) < 4.78 is 0. The lowest BCUT2D eigenvalue weighted by Crippen LogP contribution is -2.40. The standard InChI is InChI=1S/C13H20N2S/c1-9-6-12(4-5-13(9)14)15-7-10(2)16-11(3)8-15/h4-6,10-11H,7-8,14H2,1-3H3. The third kappa shape index (κ3) is 2.46. The molecule has 0 saturated carbocycles. The molecule has 2 atom stereocenters. The molecule has 1 aromatic carbocycles. The van der Waals surface area contributed by atoms with Crippen molar-refractivity contribution < 1.29 is 0 Å². The van der Waals surface area contributed by atoms with Crippen LogP contribution in [0.15, 0.2) is 18.2 Å². The van der Waals surface area contributed by atoms with E-state index < -0.39 is 0 Å². The number of nitrogens with zero attached hydrogens (tertiary/aromatic N) is 1. The highest BCUT2D eigenvalue weighted by Crippen LogP contribution is 2.29. The number of thioether (sulfide) groups is 1. The Morgan fingerprint density at radius 1 is 1.25 bits per heavy atom. The first-order valence-electron chi connectivity index (χ1n) is 5.83. The summed E-state index contributed by atoms with van der Waals surface area (Å²) in [5.74, 6) is 0. The van der Waals surface area contributed by atoms with Gasteiger partial charge < -0.3 is 10.6 Å². The summed E-state index contributed by atoms with van der Waals surface area (Å²) in [5.41, 5.74) is 9.22. The van der Waals surface area contributed by atoms with E-state index in [1.54, 1.807) is 0 Å². The molecule has 1 aliphatic rings. The lowest BCUT2D eigenvalue weighted by atomic mass is 10.1. The van der Waals surface area contributed by atoms with Crippen LogP contribution in [0, 0.1) is 6.92 Å². The third-order valence-corrected chi connectivity index (χ3v) is 4.27. The summed E-state index contributed by atoms with van der Waals surface area (Å²) in [5, 5.41) is 1.42. The second kappa shape index (κ2) is 4.58. The fourth-order valence-corrected chi connectivity index (χ4v) is 3.57. The quantitative estimate of drug-likeness (QED) is 0.760. The van der Waals surface area contributed by atoms with Crippen molar-refractivity contribution >= 4 is 23.1 Å². The maximum Gasteiger partial charge on any atom is 0.0371 e. The lowest BCUT2D eigenvalue weighted by Gasteiger charge is -2.36. The van der Waals surface area contributed by atoms with E-state index in [0.717, 1.165) is 18.8 Å². The maximum atomic E-state index is 5.85. The Hall–Kier alpha value is -0.830. The highest BCUT2D eigenvalue weighted by atomic mass is 32.2. The van der Waals surface area contributed by atoms with Crippen molar-refractivity contribution in [2.45, 2.75) is 31.3 Å². The van der Waals surface area contributed by atoms with Crippen LogP contribution in [-0.2, 0) is 0 Å². The third-order valence-electron chi connectivity index (χ3n) is 3.04. The van der Waals surface area contributed by atoms with Gasteiger partial charge in [-0.3, -0.25) is 0 Å². The molecule has 0 radical (unpaired) electrons. The van der Waals surface area contributed by atoms with Gasteiger partial charge in [0.1, 0.15) is 0 Å². The molecule has 1 fully saturated rings. The van der Waals surface area contributed by atoms with Gasteiger partial charge in [0.2, 0.25) is 0 Å². The van der Waals surface area contributed by atoms with Crippen molar-refractivity contribution in [2.75, 3.05) is 23.7 Å². The number of nitrogens with two attached hydrogens (primary N) is 1. The SMILES string of the molecule is Cc1cc(N2CC(C)SC(C)C2)ccc1N. The Kier molecular flexibility index (Phi) is 3.33. The molecule has 1 saturated heterocycles. The Balaban J connectivity index is 2.19. The van der Waals surface area contributed by atoms with E-state index in [0.29, 0.717) is 10.5 Å². The summed E-state index contributed by atoms with van der Waals surface area (Å²) in [4.78, 5) is 2.47. The summed E-state index contributed by atoms with van der Waals surface area (Å²) in [6, 6.07) is 6.35. The zero-order chi connectivity index (χ0) is 11.7. The van der Waals surface area contributed by atoms with Gasteiger partial charge in [0.25, 0.3) is 0 Å². The number of hydrogen-bond donors (Lipinski definition) is 1. The van der Waals surface area contributed by atoms with E-state index in [1.807, 2.05) is 6.07 Å². The molecule has 2 nitrogen and oxygen atoms in total. The van der Waals surface area contributed by atoms with Crippen molar-refractivity contribution in [1.82, 2.24) is 0 Å². The average molecular weight is 236 g/mol. The Morgan fingerprint density at radius 3 is 2.44 bits per heavy atom. The molecule has 0 aliphatic carbocycles. The van der Waals surface area contributed by atoms with Crippen molar-refractivity contribution in [3.8, 4) is 0 Å². The number of aryl methyl sites for hydroxylation is 1. The monoisotopic (exact) mass is 236 g/mol. The first-order chi connectivity index (χ1) is 7.56. The lowest BCUT2D eigenvalue weighted by molar-refractivity contribution is 0.728. The topological polar surface area (TPSA) is 29.3 Å². The Labute approximate surface area is 102 Å². The zero-order valence-electron chi connectivity index (χ0n) is 10.2. The summed E-state index contributed by atoms with van der Waals surface area (Å²) in [6.45, 7) is 8.95. The van der Waals surface area contributed by atoms with Gasteiger partial charge in [-0.15, -0.1) is 0 Å². The molecule has 16 heavy (non-hydrogen) atoms. The summed E-state index contributed by atoms with van der Waals surface area (Å²) in [7, 11) is 0. The first-order valence-corrected chi connectivity index (χ1v) is 6.77. The molecule has 0 bridgehead atoms. The van der Waals surface area contributed by atoms with Crippen LogP contribution >= 0.6 is 11.8 Å². The molecule has 1 heterocycles. The van der Waals surface area contributed by atoms with E-state index in [9.17, 15) is 0 Å². The molecule has 2 N–H and O–H groups in total. The maximum absolute atomic E-state index is 5.85. The van der Waals surface area contributed by atoms with E-state index in [1.165, 1.54) is 11.3 Å². The van der Waals surface area contributed by atoms with Gasteiger partial charge in [-0.05, 0) is 30.7 Å². The Bertz CT molecular complexity index is 368. The number of benzene rings is 1. The Morgan fingerprint density at radius 2 is 1.88 bits per heavy atom. The van der Waals surface area contributed by atoms with Crippen LogP contribution in [0.4, 0.5) is 11.4 Å². The molecule has 1 aliphatic heterocycles. The number of nitrogen functional groups attached to an aromatic ring is 1. The van der Waals surface area contributed by atoms with Crippen molar-refractivity contribution in [2.24, 2.45) is 0 Å². The van der Waals surface area contributed by atoms with Gasteiger partial charge >= 0.3 is 0 Å². The molecule has 2 rings (SSSR count). The highest BCUT2D eigenvalue weighted by molar-refractivity contribution is 8.00. The number of rotatable bonds is 1. The second-order valence-electron chi connectivity index (χ2n) is 4.70. The van der Waals surface area contributed by atoms with Crippen LogP contribution in [0.3, 0.4) is 0 Å². The van der Waals surface area contributed by atoms with Gasteiger partial charge in [-0.25, -0.2) is 0 Å². The van der Waals surface area contributed by atoms with Crippen molar-refractivity contribution in [3.63, 3.8) is 0 Å². The molecule has 88 valence electrons. The summed E-state index contributed by atoms with van der Waals surface area (Å²) in [6.07, 6.45) is 0. The molecule has 0 spiro atoms. The van der Waals surface area contributed by atoms with Crippen LogP contribution in [-0.4, -0.2) is 23.6 Å². The minimum atomic E-state index is 0.710. The fourth-order valence-electron chi connectivity index (χ4n) is 2.25. The van der Waals surface area contributed by atoms with Crippen LogP contribution in [0.1, 0.15) is 19.4 Å². The average Bonchev–Trinajstić information content (AvgIpc) is 2.20. The van der Waals surface area contributed by atoms with Gasteiger partial charge in [0.05, 0.1) is 0 Å². The van der Waals surface area contributed by atoms with E-state index in [2.05, 4.69) is 49.6 Å². The smallest absolute Gasteiger partial charge is 0.0371 e. The normalized spacial score (nSPS) is 25.8. The van der Waals surface area contributed by atoms with E-state index >= 15 is 0 Å². The van der Waals surface area contributed by atoms with Crippen LogP contribution in [0.25, 0.3) is 0 Å². The molecular formula is C13H20N2S. The van der Waals surface area contributed by atoms with Crippen molar-refractivity contribution in [3.05, 3.63) is 23.8 Å². The van der Waals surface area contributed by atoms with Gasteiger partial charge in [-0.2, -0.15) is 11.8 Å². The molecular weight excluding hydrogens is 216 g/mol. The minimum Gasteiger partial charge on any atom is -0.399 e. The van der Waals surface area contributed by atoms with Gasteiger partial charge in [0.15, 0.2) is 0 Å². The first kappa shape index (κ1) is 11.6. The second-order valence-corrected chi connectivity index (χ2v) is 6.58. The number of anilines is 2. The van der Waals surface area contributed by atoms with Crippen LogP contribution in [0.5, 0.6) is 0 Å². The summed E-state index contributed by atoms with van der Waals surface area (Å²) >= 11 is 2.08. The molecule has 1 aromatic rings. The van der Waals surface area contributed by atoms with Gasteiger partial charge in [0, 0.05) is 35.0 Å². The molecule has 0 aromatic heterocycles. The van der Waals surface area contributed by atoms with Crippen LogP contribution in [0.2, 0.25) is 0 Å². The van der Waals surface area contributed by atoms with E-state index in [4.69, 9.17) is 5.73 Å². The molecule has 3 heteroatoms. The minimum absolute atomic E-state index is 0.710. The predicted molar refractivity (Wildman–Crippen MR) is 74.3 cm³/mol. The highest BCUT2D eigenvalue weighted by Gasteiger charge is 2.22. The zero-order valence-corrected chi connectivity index (χ0v) is 11.1. The van der Waals surface area contributed by atoms with E-state index in [-0.39, 0.29) is 0 Å². The number of hydrogen-bond acceptors (Lipinski definition) is 3. The van der Waals surface area contributed by atoms with Crippen LogP contribution < -0.4 is 10.6 Å². The molecule has 0 amide bonds. The predicted octanol–water partition coefficient (Wildman–Crippen LogP) is 2.91. The molecule has 2 unspecified atom stereocenters. The van der Waals surface area contributed by atoms with Gasteiger partial charge in [-0.1, -0.05) is 13.8 Å². The van der Waals surface area contributed by atoms with Crippen molar-refractivity contribution in [1.29, 1.82) is 0 Å².